The van der Waals surface area contributed by atoms with Crippen LogP contribution in [0.5, 0.6) is 0 Å². The molecule has 0 amide bonds. The van der Waals surface area contributed by atoms with Gasteiger partial charge in [0.05, 0.1) is 0 Å². The monoisotopic (exact) mass is 196 g/mol. The van der Waals surface area contributed by atoms with E-state index in [4.69, 9.17) is 10.7 Å². The van der Waals surface area contributed by atoms with Crippen LogP contribution in [0, 0.1) is 11.8 Å². The molecule has 0 bridgehead atoms. The van der Waals surface area contributed by atoms with E-state index in [0.29, 0.717) is 0 Å². The van der Waals surface area contributed by atoms with Crippen LogP contribution in [0.15, 0.2) is 0 Å². The van der Waals surface area contributed by atoms with Crippen LogP contribution >= 0.6 is 19.9 Å². The highest BCUT2D eigenvalue weighted by Crippen LogP contribution is 2.47. The third-order valence-electron chi connectivity index (χ3n) is 1.55. The molecule has 0 aromatic heterocycles. The molecule has 0 heterocycles. The van der Waals surface area contributed by atoms with Crippen LogP contribution in [0.2, 0.25) is 0 Å². The van der Waals surface area contributed by atoms with Gasteiger partial charge in [-0.2, -0.15) is 9.24 Å². The lowest BCUT2D eigenvalue weighted by molar-refractivity contribution is 0.474. The minimum atomic E-state index is -0.797. The molecule has 0 saturated carbocycles. The summed E-state index contributed by atoms with van der Waals surface area (Å²) in [5, 5.41) is 0. The second-order valence-corrected chi connectivity index (χ2v) is 9.95. The van der Waals surface area contributed by atoms with Gasteiger partial charge in [0.15, 0.2) is 0 Å². The third-order valence-corrected chi connectivity index (χ3v) is 3.29. The molecule has 1 atom stereocenters. The minimum Gasteiger partial charge on any atom is -0.169 e. The maximum atomic E-state index is 6.19. The van der Waals surface area contributed by atoms with Crippen LogP contribution in [0.4, 0.5) is 0 Å². The third kappa shape index (κ3) is 8.55. The van der Waals surface area contributed by atoms with E-state index in [0.717, 1.165) is 11.8 Å². The summed E-state index contributed by atoms with van der Waals surface area (Å²) in [5.74, 6) is 2.80. The first-order valence-corrected chi connectivity index (χ1v) is 7.66. The van der Waals surface area contributed by atoms with Gasteiger partial charge in [0.25, 0.3) is 0 Å². The predicted molar refractivity (Wildman–Crippen MR) is 58.8 cm³/mol. The second-order valence-electron chi connectivity index (χ2n) is 4.30. The van der Waals surface area contributed by atoms with E-state index >= 15 is 0 Å². The maximum absolute atomic E-state index is 6.19. The fraction of sp³-hybridized carbons (Fsp3) is 1.00. The number of hydrogen-bond donors (Lipinski definition) is 0. The molecule has 0 saturated heterocycles. The van der Waals surface area contributed by atoms with Crippen LogP contribution in [-0.2, 0) is 0 Å². The largest absolute Gasteiger partial charge is 0.169 e. The van der Waals surface area contributed by atoms with Crippen LogP contribution < -0.4 is 0 Å². The van der Waals surface area contributed by atoms with Gasteiger partial charge in [0.2, 0.25) is 0 Å². The first kappa shape index (κ1) is 11.6. The van der Waals surface area contributed by atoms with Crippen molar-refractivity contribution in [1.29, 1.82) is 0 Å². The molecule has 0 aromatic carbocycles. The fourth-order valence-electron chi connectivity index (χ4n) is 1.55. The molecular formula is C9H21ClS. The van der Waals surface area contributed by atoms with Crippen molar-refractivity contribution in [1.82, 2.24) is 0 Å². The van der Waals surface area contributed by atoms with Gasteiger partial charge in [-0.05, 0) is 36.5 Å². The van der Waals surface area contributed by atoms with Crippen molar-refractivity contribution in [3.05, 3.63) is 0 Å². The van der Waals surface area contributed by atoms with E-state index in [2.05, 4.69) is 33.3 Å². The lowest BCUT2D eigenvalue weighted by atomic mass is 10.0. The summed E-state index contributed by atoms with van der Waals surface area (Å²) in [7, 11) is 5.40. The molecule has 0 aromatic rings. The summed E-state index contributed by atoms with van der Waals surface area (Å²) in [4.78, 5) is 0. The summed E-state index contributed by atoms with van der Waals surface area (Å²) in [6.45, 7) is 6.84. The number of rotatable bonds is 4. The van der Waals surface area contributed by atoms with Gasteiger partial charge in [-0.1, -0.05) is 31.5 Å². The summed E-state index contributed by atoms with van der Waals surface area (Å²) in [5.41, 5.74) is 0. The van der Waals surface area contributed by atoms with E-state index in [1.807, 2.05) is 0 Å². The van der Waals surface area contributed by atoms with Gasteiger partial charge < -0.3 is 0 Å². The molecule has 0 nitrogen and oxygen atoms in total. The Morgan fingerprint density at radius 2 is 1.64 bits per heavy atom. The molecule has 0 aliphatic rings. The Bertz CT molecular complexity index is 105. The Balaban J connectivity index is 3.61. The molecule has 0 fully saturated rings. The van der Waals surface area contributed by atoms with Crippen molar-refractivity contribution in [2.75, 3.05) is 18.3 Å². The maximum Gasteiger partial charge on any atom is -0.00798 e. The lowest BCUT2D eigenvalue weighted by Gasteiger charge is -2.26. The molecule has 1 unspecified atom stereocenters. The highest BCUT2D eigenvalue weighted by atomic mass is 35.7. The van der Waals surface area contributed by atoms with E-state index in [1.165, 1.54) is 12.2 Å². The second kappa shape index (κ2) is 4.61. The first-order valence-electron chi connectivity index (χ1n) is 4.22. The molecule has 70 valence electrons. The van der Waals surface area contributed by atoms with Crippen LogP contribution in [0.3, 0.4) is 0 Å². The van der Waals surface area contributed by atoms with Crippen molar-refractivity contribution in [3.8, 4) is 0 Å². The van der Waals surface area contributed by atoms with Crippen molar-refractivity contribution in [2.45, 2.75) is 27.2 Å². The van der Waals surface area contributed by atoms with Gasteiger partial charge in [0.1, 0.15) is 0 Å². The Labute approximate surface area is 77.5 Å². The summed E-state index contributed by atoms with van der Waals surface area (Å²) >= 11 is 0. The summed E-state index contributed by atoms with van der Waals surface area (Å²) in [6.07, 6.45) is 5.65. The molecule has 0 aliphatic carbocycles. The van der Waals surface area contributed by atoms with E-state index in [9.17, 15) is 0 Å². The zero-order valence-corrected chi connectivity index (χ0v) is 9.93. The van der Waals surface area contributed by atoms with Crippen molar-refractivity contribution >= 4 is 19.9 Å². The smallest absolute Gasteiger partial charge is 0.00798 e. The van der Waals surface area contributed by atoms with Gasteiger partial charge in [-0.15, -0.1) is 0 Å². The summed E-state index contributed by atoms with van der Waals surface area (Å²) < 4.78 is 0. The summed E-state index contributed by atoms with van der Waals surface area (Å²) in [6, 6.07) is 0. The lowest BCUT2D eigenvalue weighted by Crippen LogP contribution is -2.08. The standard InChI is InChI=1S/C9H21ClS/c1-8(2)6-9(3)7-11(4,5)10/h8-9H,6-7H2,1-5H3. The van der Waals surface area contributed by atoms with E-state index in [-0.39, 0.29) is 0 Å². The molecule has 2 heteroatoms. The van der Waals surface area contributed by atoms with Crippen LogP contribution in [-0.4, -0.2) is 18.3 Å². The van der Waals surface area contributed by atoms with Crippen molar-refractivity contribution in [3.63, 3.8) is 0 Å². The molecular weight excluding hydrogens is 176 g/mol. The zero-order valence-electron chi connectivity index (χ0n) is 8.36. The Morgan fingerprint density at radius 1 is 1.18 bits per heavy atom. The topological polar surface area (TPSA) is 0 Å². The molecule has 0 N–H and O–H groups in total. The molecule has 0 radical (unpaired) electrons. The molecule has 11 heavy (non-hydrogen) atoms. The Hall–Kier alpha value is 0.640. The van der Waals surface area contributed by atoms with Gasteiger partial charge in [-0.3, -0.25) is 0 Å². The number of hydrogen-bond acceptors (Lipinski definition) is 0. The van der Waals surface area contributed by atoms with E-state index < -0.39 is 9.24 Å². The average molecular weight is 197 g/mol. The number of halogens is 1. The quantitative estimate of drug-likeness (QED) is 0.640. The van der Waals surface area contributed by atoms with E-state index in [1.54, 1.807) is 0 Å². The van der Waals surface area contributed by atoms with Gasteiger partial charge in [-0.25, -0.2) is 0 Å². The molecule has 0 aliphatic heterocycles. The van der Waals surface area contributed by atoms with Crippen LogP contribution in [0.1, 0.15) is 27.2 Å². The Kier molecular flexibility index (Phi) is 4.88. The SMILES string of the molecule is CC(C)CC(C)CS(C)(C)Cl. The normalized spacial score (nSPS) is 17.0. The van der Waals surface area contributed by atoms with Crippen molar-refractivity contribution in [2.24, 2.45) is 11.8 Å². The Morgan fingerprint density at radius 3 is 1.91 bits per heavy atom. The molecule has 0 rings (SSSR count). The minimum absolute atomic E-state index is 0.789. The van der Waals surface area contributed by atoms with Crippen LogP contribution in [0.25, 0.3) is 0 Å². The predicted octanol–water partition coefficient (Wildman–Crippen LogP) is 3.89. The van der Waals surface area contributed by atoms with Crippen molar-refractivity contribution < 1.29 is 0 Å². The first-order chi connectivity index (χ1) is 4.81. The fourth-order valence-corrected chi connectivity index (χ4v) is 3.68. The highest BCUT2D eigenvalue weighted by Gasteiger charge is 2.13. The van der Waals surface area contributed by atoms with Gasteiger partial charge >= 0.3 is 0 Å². The zero-order chi connectivity index (χ0) is 9.07. The molecule has 0 spiro atoms. The highest BCUT2D eigenvalue weighted by molar-refractivity contribution is 8.50. The average Bonchev–Trinajstić information content (AvgIpc) is 1.53. The van der Waals surface area contributed by atoms with Gasteiger partial charge in [0, 0.05) is 0 Å².